The zero-order chi connectivity index (χ0) is 40.4. The van der Waals surface area contributed by atoms with Gasteiger partial charge in [-0.25, -0.2) is 26.9 Å². The third-order valence-corrected chi connectivity index (χ3v) is 11.9. The topological polar surface area (TPSA) is 133 Å². The average Bonchev–Trinajstić information content (AvgIpc) is 3.68. The molecule has 6 rings (SSSR count). The van der Waals surface area contributed by atoms with Crippen LogP contribution in [0.2, 0.25) is 0 Å². The Morgan fingerprint density at radius 1 is 1.06 bits per heavy atom. The lowest BCUT2D eigenvalue weighted by Crippen LogP contribution is -2.30. The smallest absolute Gasteiger partial charge is 0.454 e. The maximum absolute atomic E-state index is 15.7. The summed E-state index contributed by atoms with van der Waals surface area (Å²) in [7, 11) is -8.67. The molecule has 3 heterocycles. The Morgan fingerprint density at radius 3 is 2.56 bits per heavy atom. The molecule has 0 amide bonds. The number of alkyl halides is 3. The second-order valence-electron chi connectivity index (χ2n) is 13.5. The largest absolute Gasteiger partial charge is 0.534 e. The van der Waals surface area contributed by atoms with Crippen LogP contribution in [0.4, 0.5) is 22.0 Å². The molecule has 52 heavy (non-hydrogen) atoms. The molecule has 1 aliphatic rings. The number of rotatable bonds is 3. The van der Waals surface area contributed by atoms with Gasteiger partial charge in [-0.05, 0) is 73.5 Å². The number of nitrogens with one attached hydrogen (secondary N) is 1. The second kappa shape index (κ2) is 13.2. The number of aromatic amines is 1. The first-order chi connectivity index (χ1) is 25.4. The number of ether oxygens (including phenoxy) is 1. The highest BCUT2D eigenvalue weighted by Crippen LogP contribution is 2.42. The van der Waals surface area contributed by atoms with Crippen LogP contribution < -0.4 is 8.92 Å². The van der Waals surface area contributed by atoms with Crippen LogP contribution in [0.1, 0.15) is 61.0 Å². The molecule has 10 nitrogen and oxygen atoms in total. The van der Waals surface area contributed by atoms with Crippen molar-refractivity contribution in [1.82, 2.24) is 19.7 Å². The van der Waals surface area contributed by atoms with Crippen molar-refractivity contribution in [3.63, 3.8) is 0 Å². The standard InChI is InChI=1S/C35H35F5N4O6S2/c1-33(2)13-6-14-34(3,21-7-5-8-23(17-21)50-52(47,48)35(38,39)40)32-42-31(44(4)43-32)26-18-22(9-10-27(26)36)49-30-25(12-16-51(45,46)20-33)24-11-15-41-29(24)19-28(30)37/h5,7-11,15,17-19,41H,6,12-14,16,20H2,1-4H3/i3D3. The van der Waals surface area contributed by atoms with Crippen molar-refractivity contribution >= 4 is 30.9 Å². The first-order valence-electron chi connectivity index (χ1n) is 17.4. The average molecular weight is 770 g/mol. The van der Waals surface area contributed by atoms with Gasteiger partial charge in [0.05, 0.1) is 22.5 Å². The fraction of sp³-hybridized carbons (Fsp3) is 0.371. The molecular weight excluding hydrogens is 732 g/mol. The third kappa shape index (κ3) is 7.38. The van der Waals surface area contributed by atoms with Gasteiger partial charge < -0.3 is 13.9 Å². The number of benzene rings is 3. The van der Waals surface area contributed by atoms with Crippen LogP contribution in [0.15, 0.2) is 60.8 Å². The molecular formula is C35H35F5N4O6S2. The first-order valence-corrected chi connectivity index (χ1v) is 19.2. The number of aromatic nitrogens is 4. The summed E-state index contributed by atoms with van der Waals surface area (Å²) in [6.07, 6.45) is 1.18. The van der Waals surface area contributed by atoms with Crippen molar-refractivity contribution in [3.8, 4) is 28.6 Å². The van der Waals surface area contributed by atoms with Crippen LogP contribution in [-0.4, -0.2) is 53.6 Å². The molecule has 17 heteroatoms. The zero-order valence-corrected chi connectivity index (χ0v) is 29.6. The number of sulfone groups is 1. The number of hydrogen-bond acceptors (Lipinski definition) is 8. The summed E-state index contributed by atoms with van der Waals surface area (Å²) in [5.41, 5.74) is -8.88. The van der Waals surface area contributed by atoms with Gasteiger partial charge in [-0.1, -0.05) is 32.4 Å². The number of hydrogen-bond donors (Lipinski definition) is 1. The van der Waals surface area contributed by atoms with Crippen LogP contribution in [0.3, 0.4) is 0 Å². The van der Waals surface area contributed by atoms with Crippen molar-refractivity contribution < 1.29 is 51.8 Å². The van der Waals surface area contributed by atoms with Crippen LogP contribution in [-0.2, 0) is 38.8 Å². The predicted octanol–water partition coefficient (Wildman–Crippen LogP) is 7.74. The number of aryl methyl sites for hydroxylation is 2. The van der Waals surface area contributed by atoms with Crippen molar-refractivity contribution in [2.45, 2.75) is 57.3 Å². The van der Waals surface area contributed by atoms with Gasteiger partial charge in [0.15, 0.2) is 33.1 Å². The Balaban J connectivity index is 1.57. The van der Waals surface area contributed by atoms with E-state index in [1.807, 2.05) is 0 Å². The van der Waals surface area contributed by atoms with E-state index in [0.29, 0.717) is 10.9 Å². The Hall–Kier alpha value is -4.51. The second-order valence-corrected chi connectivity index (χ2v) is 17.2. The van der Waals surface area contributed by atoms with E-state index in [-0.39, 0.29) is 65.4 Å². The maximum atomic E-state index is 15.7. The van der Waals surface area contributed by atoms with E-state index in [0.717, 1.165) is 28.9 Å². The molecule has 3 aromatic carbocycles. The number of H-pyrrole nitrogens is 1. The molecule has 2 aromatic heterocycles. The lowest BCUT2D eigenvalue weighted by molar-refractivity contribution is -0.0500. The summed E-state index contributed by atoms with van der Waals surface area (Å²) >= 11 is 0. The minimum Gasteiger partial charge on any atom is -0.454 e. The summed E-state index contributed by atoms with van der Waals surface area (Å²) in [5, 5.41) is 4.90. The number of halogens is 5. The molecule has 0 aliphatic carbocycles. The monoisotopic (exact) mass is 769 g/mol. The lowest BCUT2D eigenvalue weighted by Gasteiger charge is -2.30. The fourth-order valence-corrected chi connectivity index (χ4v) is 8.89. The molecule has 0 fully saturated rings. The van der Waals surface area contributed by atoms with Gasteiger partial charge in [0.1, 0.15) is 17.3 Å². The Morgan fingerprint density at radius 2 is 1.83 bits per heavy atom. The highest BCUT2D eigenvalue weighted by Gasteiger charge is 2.48. The Labute approximate surface area is 301 Å². The van der Waals surface area contributed by atoms with Gasteiger partial charge in [0.25, 0.3) is 0 Å². The van der Waals surface area contributed by atoms with E-state index in [9.17, 15) is 30.0 Å². The molecule has 278 valence electrons. The van der Waals surface area contributed by atoms with Gasteiger partial charge in [-0.2, -0.15) is 26.7 Å². The minimum atomic E-state index is -6.16. The summed E-state index contributed by atoms with van der Waals surface area (Å²) in [5.74, 6) is -4.27. The predicted molar refractivity (Wildman–Crippen MR) is 183 cm³/mol. The van der Waals surface area contributed by atoms with Gasteiger partial charge in [0, 0.05) is 39.9 Å². The third-order valence-electron chi connectivity index (χ3n) is 8.90. The summed E-state index contributed by atoms with van der Waals surface area (Å²) in [4.78, 5) is 7.40. The van der Waals surface area contributed by atoms with E-state index >= 15 is 8.78 Å². The van der Waals surface area contributed by atoms with Crippen LogP contribution in [0.5, 0.6) is 17.2 Å². The molecule has 1 N–H and O–H groups in total. The molecule has 4 bridgehead atoms. The van der Waals surface area contributed by atoms with Crippen LogP contribution in [0.25, 0.3) is 22.3 Å². The van der Waals surface area contributed by atoms with Crippen molar-refractivity contribution in [1.29, 1.82) is 0 Å². The van der Waals surface area contributed by atoms with Crippen LogP contribution in [0, 0.1) is 17.0 Å². The van der Waals surface area contributed by atoms with Crippen molar-refractivity contribution in [2.75, 3.05) is 11.5 Å². The Kier molecular flexibility index (Phi) is 8.44. The molecule has 0 saturated carbocycles. The fourth-order valence-electron chi connectivity index (χ4n) is 6.44. The number of fused-ring (bicyclic) bond motifs is 8. The van der Waals surface area contributed by atoms with E-state index in [4.69, 9.17) is 8.85 Å². The maximum Gasteiger partial charge on any atom is 0.534 e. The van der Waals surface area contributed by atoms with Crippen molar-refractivity contribution in [2.24, 2.45) is 12.5 Å². The van der Waals surface area contributed by atoms with Gasteiger partial charge in [-0.3, -0.25) is 0 Å². The highest BCUT2D eigenvalue weighted by atomic mass is 32.2. The summed E-state index contributed by atoms with van der Waals surface area (Å²) in [6.45, 7) is 0.242. The number of nitrogens with zero attached hydrogens (tertiary/aromatic N) is 3. The SMILES string of the molecule is [2H]C([2H])([2H])C1(c2cccc(OS(=O)(=O)C(F)(F)F)c2)CCCC(C)(C)CS(=O)(=O)CCc2c(c(F)cc3[nH]ccc23)Oc2ccc(F)c(c2)-c2nc1nn2C. The molecule has 1 aliphatic heterocycles. The van der Waals surface area contributed by atoms with E-state index in [1.165, 1.54) is 31.3 Å². The molecule has 1 unspecified atom stereocenters. The molecule has 5 aromatic rings. The van der Waals surface area contributed by atoms with E-state index in [2.05, 4.69) is 19.2 Å². The lowest BCUT2D eigenvalue weighted by atomic mass is 9.75. The van der Waals surface area contributed by atoms with Gasteiger partial charge in [-0.15, -0.1) is 0 Å². The zero-order valence-electron chi connectivity index (χ0n) is 31.0. The summed E-state index contributed by atoms with van der Waals surface area (Å²) in [6, 6.07) is 10.3. The first kappa shape index (κ1) is 33.3. The minimum absolute atomic E-state index is 0.00383. The van der Waals surface area contributed by atoms with E-state index in [1.54, 1.807) is 26.1 Å². The Bertz CT molecular complexity index is 2500. The molecule has 0 saturated heterocycles. The normalized spacial score (nSPS) is 20.7. The quantitative estimate of drug-likeness (QED) is 0.112. The van der Waals surface area contributed by atoms with Crippen LogP contribution >= 0.6 is 0 Å². The van der Waals surface area contributed by atoms with E-state index < -0.39 is 72.1 Å². The molecule has 1 atom stereocenters. The van der Waals surface area contributed by atoms with Gasteiger partial charge >= 0.3 is 15.6 Å². The van der Waals surface area contributed by atoms with Crippen molar-refractivity contribution in [3.05, 3.63) is 89.4 Å². The summed E-state index contributed by atoms with van der Waals surface area (Å²) < 4.78 is 160. The highest BCUT2D eigenvalue weighted by molar-refractivity contribution is 7.91. The molecule has 0 spiro atoms. The molecule has 0 radical (unpaired) electrons. The van der Waals surface area contributed by atoms with Gasteiger partial charge in [0.2, 0.25) is 0 Å².